The van der Waals surface area contributed by atoms with E-state index in [0.717, 1.165) is 5.56 Å². The SMILES string of the molecule is CCOC(=O)C1=C(C)N=C2SCC(=O)N2[C@H]1c1ccc(OCC)c(OCC)c1. The molecule has 1 amide bonds. The van der Waals surface area contributed by atoms with Crippen LogP contribution in [0.1, 0.15) is 39.3 Å². The van der Waals surface area contributed by atoms with Crippen molar-refractivity contribution >= 4 is 28.8 Å². The Kier molecular flexibility index (Phi) is 6.28. The fraction of sp³-hybridized carbons (Fsp3) is 0.450. The standard InChI is InChI=1S/C20H24N2O5S/c1-5-25-14-9-8-13(10-15(14)26-6-2)18-17(19(24)27-7-3)12(4)21-20-22(18)16(23)11-28-20/h8-10,18H,5-7,11H2,1-4H3/t18-/m0/s1. The van der Waals surface area contributed by atoms with Gasteiger partial charge in [-0.15, -0.1) is 0 Å². The molecule has 150 valence electrons. The Morgan fingerprint density at radius 1 is 1.18 bits per heavy atom. The van der Waals surface area contributed by atoms with Gasteiger partial charge in [0.05, 0.1) is 42.9 Å². The topological polar surface area (TPSA) is 77.4 Å². The van der Waals surface area contributed by atoms with Crippen LogP contribution in [0.25, 0.3) is 0 Å². The maximum atomic E-state index is 12.7. The van der Waals surface area contributed by atoms with Gasteiger partial charge in [-0.1, -0.05) is 17.8 Å². The highest BCUT2D eigenvalue weighted by Gasteiger charge is 2.43. The van der Waals surface area contributed by atoms with Gasteiger partial charge in [0, 0.05) is 0 Å². The normalized spacial score (nSPS) is 18.7. The fourth-order valence-corrected chi connectivity index (χ4v) is 4.20. The number of carbonyl (C=O) groups excluding carboxylic acids is 2. The van der Waals surface area contributed by atoms with Gasteiger partial charge >= 0.3 is 5.97 Å². The van der Waals surface area contributed by atoms with Gasteiger partial charge in [0.15, 0.2) is 16.7 Å². The Morgan fingerprint density at radius 3 is 2.57 bits per heavy atom. The summed E-state index contributed by atoms with van der Waals surface area (Å²) in [4.78, 5) is 31.4. The van der Waals surface area contributed by atoms with Crippen molar-refractivity contribution in [3.8, 4) is 11.5 Å². The number of rotatable bonds is 7. The minimum atomic E-state index is -0.607. The summed E-state index contributed by atoms with van der Waals surface area (Å²) in [6.45, 7) is 8.54. The summed E-state index contributed by atoms with van der Waals surface area (Å²) in [5, 5.41) is 0.604. The molecule has 1 aromatic rings. The number of amides is 1. The summed E-state index contributed by atoms with van der Waals surface area (Å²) in [7, 11) is 0. The predicted molar refractivity (Wildman–Crippen MR) is 108 cm³/mol. The molecule has 1 saturated heterocycles. The molecule has 0 bridgehead atoms. The third kappa shape index (κ3) is 3.73. The first kappa shape index (κ1) is 20.3. The van der Waals surface area contributed by atoms with E-state index in [-0.39, 0.29) is 12.5 Å². The number of esters is 1. The molecular weight excluding hydrogens is 380 g/mol. The highest BCUT2D eigenvalue weighted by Crippen LogP contribution is 2.43. The van der Waals surface area contributed by atoms with Crippen LogP contribution >= 0.6 is 11.8 Å². The zero-order valence-corrected chi connectivity index (χ0v) is 17.3. The average molecular weight is 404 g/mol. The first-order valence-electron chi connectivity index (χ1n) is 9.32. The van der Waals surface area contributed by atoms with Crippen LogP contribution in [0, 0.1) is 0 Å². The van der Waals surface area contributed by atoms with Crippen molar-refractivity contribution in [1.29, 1.82) is 0 Å². The fourth-order valence-electron chi connectivity index (χ4n) is 3.26. The van der Waals surface area contributed by atoms with Gasteiger partial charge in [0.25, 0.3) is 0 Å². The molecule has 2 heterocycles. The van der Waals surface area contributed by atoms with Crippen LogP contribution < -0.4 is 9.47 Å². The minimum absolute atomic E-state index is 0.0881. The molecule has 1 atom stereocenters. The summed E-state index contributed by atoms with van der Waals surface area (Å²) in [6.07, 6.45) is 0. The van der Waals surface area contributed by atoms with Gasteiger partial charge in [-0.05, 0) is 45.4 Å². The summed E-state index contributed by atoms with van der Waals surface area (Å²) >= 11 is 1.37. The van der Waals surface area contributed by atoms with Crippen molar-refractivity contribution in [2.24, 2.45) is 4.99 Å². The molecule has 0 spiro atoms. The van der Waals surface area contributed by atoms with Crippen molar-refractivity contribution in [2.75, 3.05) is 25.6 Å². The van der Waals surface area contributed by atoms with Crippen LogP contribution in [0.3, 0.4) is 0 Å². The Balaban J connectivity index is 2.12. The average Bonchev–Trinajstić information content (AvgIpc) is 3.03. The number of amidine groups is 1. The van der Waals surface area contributed by atoms with E-state index in [1.165, 1.54) is 11.8 Å². The number of nitrogens with zero attached hydrogens (tertiary/aromatic N) is 2. The van der Waals surface area contributed by atoms with E-state index in [2.05, 4.69) is 4.99 Å². The summed E-state index contributed by atoms with van der Waals surface area (Å²) in [6, 6.07) is 4.87. The maximum absolute atomic E-state index is 12.7. The van der Waals surface area contributed by atoms with Crippen LogP contribution in [-0.2, 0) is 14.3 Å². The molecule has 8 heteroatoms. The van der Waals surface area contributed by atoms with Gasteiger partial charge in [-0.25, -0.2) is 9.79 Å². The molecule has 7 nitrogen and oxygen atoms in total. The van der Waals surface area contributed by atoms with E-state index >= 15 is 0 Å². The number of hydrogen-bond donors (Lipinski definition) is 0. The molecule has 0 saturated carbocycles. The van der Waals surface area contributed by atoms with Gasteiger partial charge < -0.3 is 14.2 Å². The Labute approximate surface area is 168 Å². The molecule has 3 rings (SSSR count). The van der Waals surface area contributed by atoms with Gasteiger partial charge in [-0.3, -0.25) is 9.69 Å². The lowest BCUT2D eigenvalue weighted by Crippen LogP contribution is -2.39. The molecule has 0 radical (unpaired) electrons. The minimum Gasteiger partial charge on any atom is -0.490 e. The summed E-state index contributed by atoms with van der Waals surface area (Å²) < 4.78 is 16.6. The first-order valence-corrected chi connectivity index (χ1v) is 10.3. The number of thioether (sulfide) groups is 1. The lowest BCUT2D eigenvalue weighted by atomic mass is 9.94. The Morgan fingerprint density at radius 2 is 1.89 bits per heavy atom. The zero-order chi connectivity index (χ0) is 20.3. The first-order chi connectivity index (χ1) is 13.5. The van der Waals surface area contributed by atoms with E-state index in [4.69, 9.17) is 14.2 Å². The van der Waals surface area contributed by atoms with E-state index in [1.54, 1.807) is 24.8 Å². The lowest BCUT2D eigenvalue weighted by Gasteiger charge is -2.33. The van der Waals surface area contributed by atoms with Crippen molar-refractivity contribution in [1.82, 2.24) is 4.90 Å². The predicted octanol–water partition coefficient (Wildman–Crippen LogP) is 3.31. The molecule has 2 aliphatic rings. The quantitative estimate of drug-likeness (QED) is 0.649. The van der Waals surface area contributed by atoms with Crippen LogP contribution in [0.5, 0.6) is 11.5 Å². The molecule has 1 fully saturated rings. The van der Waals surface area contributed by atoms with Crippen molar-refractivity contribution < 1.29 is 23.8 Å². The van der Waals surface area contributed by atoms with E-state index in [0.29, 0.717) is 46.9 Å². The second-order valence-electron chi connectivity index (χ2n) is 6.14. The van der Waals surface area contributed by atoms with E-state index < -0.39 is 12.0 Å². The number of aliphatic imine (C=N–C) groups is 1. The van der Waals surface area contributed by atoms with Crippen LogP contribution in [-0.4, -0.2) is 47.5 Å². The number of hydrogen-bond acceptors (Lipinski definition) is 7. The van der Waals surface area contributed by atoms with E-state index in [1.807, 2.05) is 26.0 Å². The number of benzene rings is 1. The van der Waals surface area contributed by atoms with Gasteiger partial charge in [0.2, 0.25) is 5.91 Å². The molecule has 0 N–H and O–H groups in total. The van der Waals surface area contributed by atoms with Crippen molar-refractivity contribution in [3.63, 3.8) is 0 Å². The third-order valence-electron chi connectivity index (χ3n) is 4.36. The van der Waals surface area contributed by atoms with Gasteiger partial charge in [-0.2, -0.15) is 0 Å². The molecule has 1 aromatic carbocycles. The molecule has 2 aliphatic heterocycles. The molecule has 28 heavy (non-hydrogen) atoms. The molecule has 0 aliphatic carbocycles. The smallest absolute Gasteiger partial charge is 0.338 e. The second-order valence-corrected chi connectivity index (χ2v) is 7.08. The zero-order valence-electron chi connectivity index (χ0n) is 16.5. The highest BCUT2D eigenvalue weighted by atomic mass is 32.2. The maximum Gasteiger partial charge on any atom is 0.338 e. The van der Waals surface area contributed by atoms with Gasteiger partial charge in [0.1, 0.15) is 0 Å². The molecule has 0 unspecified atom stereocenters. The second kappa shape index (κ2) is 8.68. The Bertz CT molecular complexity index is 849. The molecule has 0 aromatic heterocycles. The van der Waals surface area contributed by atoms with Crippen LogP contribution in [0.2, 0.25) is 0 Å². The monoisotopic (exact) mass is 404 g/mol. The third-order valence-corrected chi connectivity index (χ3v) is 5.30. The number of carbonyl (C=O) groups is 2. The molecular formula is C20H24N2O5S. The number of allylic oxidation sites excluding steroid dienone is 1. The van der Waals surface area contributed by atoms with Crippen LogP contribution in [0.15, 0.2) is 34.5 Å². The van der Waals surface area contributed by atoms with Crippen LogP contribution in [0.4, 0.5) is 0 Å². The number of ether oxygens (including phenoxy) is 3. The lowest BCUT2D eigenvalue weighted by molar-refractivity contribution is -0.139. The van der Waals surface area contributed by atoms with E-state index in [9.17, 15) is 9.59 Å². The van der Waals surface area contributed by atoms with Crippen molar-refractivity contribution in [3.05, 3.63) is 35.0 Å². The number of fused-ring (bicyclic) bond motifs is 1. The van der Waals surface area contributed by atoms with Crippen molar-refractivity contribution in [2.45, 2.75) is 33.7 Å². The largest absolute Gasteiger partial charge is 0.490 e. The Hall–Kier alpha value is -2.48. The summed E-state index contributed by atoms with van der Waals surface area (Å²) in [5.74, 6) is 0.942. The summed E-state index contributed by atoms with van der Waals surface area (Å²) in [5.41, 5.74) is 1.68. The highest BCUT2D eigenvalue weighted by molar-refractivity contribution is 8.15.